The van der Waals surface area contributed by atoms with Crippen LogP contribution in [0, 0.1) is 23.5 Å². The van der Waals surface area contributed by atoms with Gasteiger partial charge < -0.3 is 9.84 Å². The number of halogens is 4. The third-order valence-electron chi connectivity index (χ3n) is 2.03. The Bertz CT molecular complexity index is 578. The van der Waals surface area contributed by atoms with E-state index in [0.717, 1.165) is 0 Å². The van der Waals surface area contributed by atoms with Crippen molar-refractivity contribution in [2.75, 3.05) is 0 Å². The smallest absolute Gasteiger partial charge is 0.255 e. The Hall–Kier alpha value is -2.31. The molecule has 2 rings (SSSR count). The molecule has 0 aliphatic heterocycles. The summed E-state index contributed by atoms with van der Waals surface area (Å²) in [6.45, 7) is 0. The van der Waals surface area contributed by atoms with Crippen molar-refractivity contribution in [2.45, 2.75) is 0 Å². The molecule has 2 aromatic rings. The fourth-order valence-corrected chi connectivity index (χ4v) is 1.21. The van der Waals surface area contributed by atoms with Crippen molar-refractivity contribution in [3.05, 3.63) is 47.8 Å². The molecule has 1 aromatic carbocycles. The first-order chi connectivity index (χ1) is 8.50. The van der Waals surface area contributed by atoms with Gasteiger partial charge in [0.1, 0.15) is 0 Å². The molecule has 0 fully saturated rings. The molecule has 0 saturated heterocycles. The lowest BCUT2D eigenvalue weighted by atomic mass is 10.3. The Morgan fingerprint density at radius 1 is 0.944 bits per heavy atom. The van der Waals surface area contributed by atoms with Gasteiger partial charge in [0.2, 0.25) is 17.4 Å². The van der Waals surface area contributed by atoms with Gasteiger partial charge in [-0.25, -0.2) is 0 Å². The minimum absolute atomic E-state index is 0.347. The van der Waals surface area contributed by atoms with E-state index >= 15 is 0 Å². The number of phenolic OH excluding ortho intramolecular Hbond substituents is 1. The first-order valence-electron chi connectivity index (χ1n) is 4.66. The molecule has 1 N–H and O–H groups in total. The number of para-hydroxylation sites is 2. The fraction of sp³-hybridized carbons (Fsp3) is 0. The molecule has 0 unspecified atom stereocenters. The summed E-state index contributed by atoms with van der Waals surface area (Å²) in [4.78, 5) is 2.37. The minimum Gasteiger partial charge on any atom is -0.504 e. The average molecular weight is 259 g/mol. The summed E-state index contributed by atoms with van der Waals surface area (Å²) >= 11 is 0. The zero-order valence-electron chi connectivity index (χ0n) is 8.62. The van der Waals surface area contributed by atoms with Crippen LogP contribution in [0.3, 0.4) is 0 Å². The number of nitrogens with zero attached hydrogens (tertiary/aromatic N) is 1. The molecule has 94 valence electrons. The summed E-state index contributed by atoms with van der Waals surface area (Å²) in [6.07, 6.45) is 0. The summed E-state index contributed by atoms with van der Waals surface area (Å²) in [5.74, 6) is -9.32. The van der Waals surface area contributed by atoms with E-state index in [-0.39, 0.29) is 5.75 Å². The van der Waals surface area contributed by atoms with E-state index in [0.29, 0.717) is 0 Å². The Kier molecular flexibility index (Phi) is 3.05. The molecule has 1 aromatic heterocycles. The molecule has 18 heavy (non-hydrogen) atoms. The topological polar surface area (TPSA) is 42.4 Å². The largest absolute Gasteiger partial charge is 0.504 e. The summed E-state index contributed by atoms with van der Waals surface area (Å²) < 4.78 is 56.6. The van der Waals surface area contributed by atoms with Crippen LogP contribution in [-0.2, 0) is 0 Å². The maximum atomic E-state index is 13.2. The normalized spacial score (nSPS) is 10.4. The Morgan fingerprint density at radius 3 is 2.06 bits per heavy atom. The molecular weight excluding hydrogens is 254 g/mol. The van der Waals surface area contributed by atoms with Crippen molar-refractivity contribution in [3.8, 4) is 17.2 Å². The zero-order valence-corrected chi connectivity index (χ0v) is 8.62. The maximum Gasteiger partial charge on any atom is 0.255 e. The number of pyridine rings is 1. The number of aromatic nitrogens is 1. The quantitative estimate of drug-likeness (QED) is 0.665. The van der Waals surface area contributed by atoms with E-state index in [1.54, 1.807) is 0 Å². The molecule has 0 saturated carbocycles. The molecule has 7 heteroatoms. The second-order valence-electron chi connectivity index (χ2n) is 3.22. The molecule has 0 aliphatic carbocycles. The van der Waals surface area contributed by atoms with Crippen LogP contribution in [0.5, 0.6) is 17.2 Å². The van der Waals surface area contributed by atoms with Crippen LogP contribution in [0.25, 0.3) is 0 Å². The Morgan fingerprint density at radius 2 is 1.50 bits per heavy atom. The molecule has 1 heterocycles. The molecule has 0 radical (unpaired) electrons. The molecule has 0 atom stereocenters. The molecule has 3 nitrogen and oxygen atoms in total. The maximum absolute atomic E-state index is 13.2. The van der Waals surface area contributed by atoms with Crippen molar-refractivity contribution in [3.63, 3.8) is 0 Å². The number of ether oxygens (including phenoxy) is 1. The zero-order chi connectivity index (χ0) is 13.3. The van der Waals surface area contributed by atoms with Gasteiger partial charge in [-0.15, -0.1) is 0 Å². The van der Waals surface area contributed by atoms with Crippen molar-refractivity contribution in [1.82, 2.24) is 4.98 Å². The standard InChI is InChI=1S/C11H5F4NO2/c12-7-9(8(13)11(15)16-10(7)14)18-6-4-2-1-3-5(6)17/h1-4,17H. The molecule has 0 spiro atoms. The number of rotatable bonds is 2. The second kappa shape index (κ2) is 4.52. The Balaban J connectivity index is 2.50. The van der Waals surface area contributed by atoms with Gasteiger partial charge in [0, 0.05) is 0 Å². The third kappa shape index (κ3) is 2.06. The third-order valence-corrected chi connectivity index (χ3v) is 2.03. The van der Waals surface area contributed by atoms with Crippen molar-refractivity contribution < 1.29 is 27.4 Å². The first-order valence-corrected chi connectivity index (χ1v) is 4.66. The minimum atomic E-state index is -1.83. The number of benzene rings is 1. The van der Waals surface area contributed by atoms with Crippen LogP contribution >= 0.6 is 0 Å². The summed E-state index contributed by atoms with van der Waals surface area (Å²) in [7, 11) is 0. The highest BCUT2D eigenvalue weighted by Gasteiger charge is 2.23. The highest BCUT2D eigenvalue weighted by Crippen LogP contribution is 2.34. The molecule has 0 bridgehead atoms. The van der Waals surface area contributed by atoms with E-state index in [2.05, 4.69) is 9.72 Å². The Labute approximate surface area is 98.3 Å². The van der Waals surface area contributed by atoms with Crippen molar-refractivity contribution >= 4 is 0 Å². The van der Waals surface area contributed by atoms with Gasteiger partial charge in [-0.1, -0.05) is 12.1 Å². The predicted molar refractivity (Wildman–Crippen MR) is 52.2 cm³/mol. The van der Waals surface area contributed by atoms with Gasteiger partial charge in [-0.05, 0) is 12.1 Å². The van der Waals surface area contributed by atoms with Crippen molar-refractivity contribution in [2.24, 2.45) is 0 Å². The van der Waals surface area contributed by atoms with Gasteiger partial charge in [-0.2, -0.15) is 22.5 Å². The van der Waals surface area contributed by atoms with Gasteiger partial charge in [-0.3, -0.25) is 0 Å². The summed E-state index contributed by atoms with van der Waals surface area (Å²) in [5.41, 5.74) is 0. The first kappa shape index (κ1) is 12.2. The van der Waals surface area contributed by atoms with Crippen LogP contribution in [0.1, 0.15) is 0 Å². The summed E-state index contributed by atoms with van der Waals surface area (Å²) in [6, 6.07) is 5.19. The second-order valence-corrected chi connectivity index (χ2v) is 3.22. The lowest BCUT2D eigenvalue weighted by Crippen LogP contribution is -2.03. The van der Waals surface area contributed by atoms with E-state index in [1.807, 2.05) is 0 Å². The molecule has 0 aliphatic rings. The van der Waals surface area contributed by atoms with Crippen LogP contribution in [0.15, 0.2) is 24.3 Å². The number of phenols is 1. The van der Waals surface area contributed by atoms with Crippen molar-refractivity contribution in [1.29, 1.82) is 0 Å². The number of hydrogen-bond acceptors (Lipinski definition) is 3. The van der Waals surface area contributed by atoms with Gasteiger partial charge in [0.05, 0.1) is 0 Å². The lowest BCUT2D eigenvalue weighted by molar-refractivity contribution is 0.333. The van der Waals surface area contributed by atoms with Crippen LogP contribution < -0.4 is 4.74 Å². The van der Waals surface area contributed by atoms with Gasteiger partial charge in [0.15, 0.2) is 11.5 Å². The average Bonchev–Trinajstić information content (AvgIpc) is 2.34. The van der Waals surface area contributed by atoms with E-state index in [4.69, 9.17) is 0 Å². The van der Waals surface area contributed by atoms with E-state index < -0.39 is 35.0 Å². The predicted octanol–water partition coefficient (Wildman–Crippen LogP) is 3.14. The monoisotopic (exact) mass is 259 g/mol. The SMILES string of the molecule is Oc1ccccc1Oc1c(F)c(F)nc(F)c1F. The van der Waals surface area contributed by atoms with Crippen LogP contribution in [-0.4, -0.2) is 10.1 Å². The number of aromatic hydroxyl groups is 1. The summed E-state index contributed by atoms with van der Waals surface area (Å²) in [5, 5.41) is 9.32. The van der Waals surface area contributed by atoms with Gasteiger partial charge in [0.25, 0.3) is 11.9 Å². The van der Waals surface area contributed by atoms with E-state index in [9.17, 15) is 22.7 Å². The highest BCUT2D eigenvalue weighted by atomic mass is 19.2. The number of hydrogen-bond donors (Lipinski definition) is 1. The lowest BCUT2D eigenvalue weighted by Gasteiger charge is -2.09. The van der Waals surface area contributed by atoms with Crippen LogP contribution in [0.2, 0.25) is 0 Å². The highest BCUT2D eigenvalue weighted by molar-refractivity contribution is 5.41. The molecular formula is C11H5F4NO2. The molecule has 0 amide bonds. The van der Waals surface area contributed by atoms with Crippen LogP contribution in [0.4, 0.5) is 17.6 Å². The van der Waals surface area contributed by atoms with E-state index in [1.165, 1.54) is 24.3 Å². The van der Waals surface area contributed by atoms with Gasteiger partial charge >= 0.3 is 0 Å². The fourth-order valence-electron chi connectivity index (χ4n) is 1.21.